The zero-order valence-corrected chi connectivity index (χ0v) is 20.5. The number of pyridine rings is 1. The van der Waals surface area contributed by atoms with E-state index in [2.05, 4.69) is 43.9 Å². The maximum atomic E-state index is 12.2. The molecule has 1 N–H and O–H groups in total. The van der Waals surface area contributed by atoms with E-state index in [1.807, 2.05) is 43.3 Å². The smallest absolute Gasteiger partial charge is 0.302 e. The SMILES string of the molecule is C=Nc1ccc(N(C)C(=O)C#CC)cc1/C(=N\C)Nc1ccc(Oc2ccc3ncnn3c2)c(C)c1. The molecular weight excluding hydrogens is 454 g/mol. The van der Waals surface area contributed by atoms with Crippen LogP contribution < -0.4 is 15.0 Å². The monoisotopic (exact) mass is 479 g/mol. The molecule has 0 radical (unpaired) electrons. The first-order valence-corrected chi connectivity index (χ1v) is 11.1. The number of carbonyl (C=O) groups is 1. The molecule has 9 heteroatoms. The van der Waals surface area contributed by atoms with Gasteiger partial charge in [-0.15, -0.1) is 0 Å². The molecule has 1 amide bonds. The van der Waals surface area contributed by atoms with Crippen LogP contribution in [0.3, 0.4) is 0 Å². The van der Waals surface area contributed by atoms with Crippen LogP contribution in [0.5, 0.6) is 11.5 Å². The highest BCUT2D eigenvalue weighted by molar-refractivity contribution is 6.13. The molecule has 0 atom stereocenters. The van der Waals surface area contributed by atoms with E-state index in [0.717, 1.165) is 16.9 Å². The van der Waals surface area contributed by atoms with Crippen LogP contribution in [0.4, 0.5) is 17.1 Å². The molecule has 36 heavy (non-hydrogen) atoms. The number of aryl methyl sites for hydroxylation is 1. The van der Waals surface area contributed by atoms with Crippen molar-refractivity contribution in [3.63, 3.8) is 0 Å². The number of nitrogens with zero attached hydrogens (tertiary/aromatic N) is 6. The van der Waals surface area contributed by atoms with Gasteiger partial charge in [-0.05, 0) is 80.6 Å². The van der Waals surface area contributed by atoms with E-state index in [4.69, 9.17) is 4.74 Å². The molecule has 9 nitrogen and oxygen atoms in total. The van der Waals surface area contributed by atoms with Gasteiger partial charge in [0, 0.05) is 31.0 Å². The molecular formula is C27H25N7O2. The lowest BCUT2D eigenvalue weighted by molar-refractivity contribution is -0.113. The Morgan fingerprint density at radius 1 is 1.19 bits per heavy atom. The first-order chi connectivity index (χ1) is 17.4. The standard InChI is InChI=1S/C27H25N7O2/c1-6-7-26(35)33(5)20-9-11-23(28-3)22(15-20)27(29-4)32-19-8-12-24(18(2)14-19)36-21-10-13-25-30-17-31-34(25)16-21/h8-17H,3H2,1-2,4-5H3,(H,29,32). The van der Waals surface area contributed by atoms with Gasteiger partial charge in [-0.25, -0.2) is 9.50 Å². The lowest BCUT2D eigenvalue weighted by Gasteiger charge is -2.18. The van der Waals surface area contributed by atoms with Crippen LogP contribution in [-0.4, -0.2) is 47.2 Å². The Labute approximate surface area is 209 Å². The Bertz CT molecular complexity index is 1540. The fourth-order valence-electron chi connectivity index (χ4n) is 3.58. The number of carbonyl (C=O) groups excluding carboxylic acids is 1. The summed E-state index contributed by atoms with van der Waals surface area (Å²) in [5, 5.41) is 7.49. The lowest BCUT2D eigenvalue weighted by Crippen LogP contribution is -2.25. The summed E-state index contributed by atoms with van der Waals surface area (Å²) >= 11 is 0. The number of anilines is 2. The van der Waals surface area contributed by atoms with Gasteiger partial charge in [-0.1, -0.05) is 5.92 Å². The Hall–Kier alpha value is -4.97. The van der Waals surface area contributed by atoms with E-state index in [0.29, 0.717) is 34.3 Å². The molecule has 2 aromatic heterocycles. The second-order valence-electron chi connectivity index (χ2n) is 7.81. The van der Waals surface area contributed by atoms with E-state index < -0.39 is 0 Å². The highest BCUT2D eigenvalue weighted by atomic mass is 16.5. The number of aromatic nitrogens is 3. The second kappa shape index (κ2) is 10.5. The molecule has 4 rings (SSSR count). The van der Waals surface area contributed by atoms with E-state index in [-0.39, 0.29) is 5.91 Å². The van der Waals surface area contributed by atoms with Crippen LogP contribution in [0, 0.1) is 18.8 Å². The van der Waals surface area contributed by atoms with Gasteiger partial charge >= 0.3 is 5.91 Å². The molecule has 2 aromatic carbocycles. The molecule has 0 aliphatic heterocycles. The predicted octanol–water partition coefficient (Wildman–Crippen LogP) is 4.64. The highest BCUT2D eigenvalue weighted by Crippen LogP contribution is 2.29. The van der Waals surface area contributed by atoms with E-state index in [1.165, 1.54) is 11.2 Å². The molecule has 180 valence electrons. The Morgan fingerprint density at radius 3 is 2.75 bits per heavy atom. The highest BCUT2D eigenvalue weighted by Gasteiger charge is 2.15. The number of amides is 1. The molecule has 0 saturated heterocycles. The number of nitrogens with one attached hydrogen (secondary N) is 1. The predicted molar refractivity (Wildman–Crippen MR) is 143 cm³/mol. The normalized spacial score (nSPS) is 10.9. The first kappa shape index (κ1) is 24.2. The van der Waals surface area contributed by atoms with Crippen molar-refractivity contribution in [2.24, 2.45) is 9.98 Å². The summed E-state index contributed by atoms with van der Waals surface area (Å²) in [5.74, 6) is 6.81. The minimum atomic E-state index is -0.306. The van der Waals surface area contributed by atoms with Crippen molar-refractivity contribution in [2.75, 3.05) is 24.3 Å². The number of hydrogen-bond donors (Lipinski definition) is 1. The number of fused-ring (bicyclic) bond motifs is 1. The number of ether oxygens (including phenoxy) is 1. The summed E-state index contributed by atoms with van der Waals surface area (Å²) in [6.45, 7) is 7.26. The Morgan fingerprint density at radius 2 is 2.03 bits per heavy atom. The van der Waals surface area contributed by atoms with Crippen LogP contribution >= 0.6 is 0 Å². The third kappa shape index (κ3) is 5.08. The molecule has 4 aromatic rings. The van der Waals surface area contributed by atoms with Crippen molar-refractivity contribution in [3.8, 4) is 23.3 Å². The van der Waals surface area contributed by atoms with Crippen molar-refractivity contribution >= 4 is 41.2 Å². The fourth-order valence-corrected chi connectivity index (χ4v) is 3.58. The van der Waals surface area contributed by atoms with Gasteiger partial charge in [0.25, 0.3) is 0 Å². The van der Waals surface area contributed by atoms with Crippen LogP contribution in [0.1, 0.15) is 18.1 Å². The largest absolute Gasteiger partial charge is 0.455 e. The fraction of sp³-hybridized carbons (Fsp3) is 0.148. The van der Waals surface area contributed by atoms with Crippen LogP contribution in [0.2, 0.25) is 0 Å². The molecule has 2 heterocycles. The number of amidine groups is 1. The molecule has 0 fully saturated rings. The van der Waals surface area contributed by atoms with Crippen LogP contribution in [0.25, 0.3) is 5.65 Å². The van der Waals surface area contributed by atoms with E-state index in [9.17, 15) is 4.79 Å². The Balaban J connectivity index is 1.58. The zero-order chi connectivity index (χ0) is 25.7. The van der Waals surface area contributed by atoms with Crippen molar-refractivity contribution in [1.29, 1.82) is 0 Å². The van der Waals surface area contributed by atoms with Crippen molar-refractivity contribution in [1.82, 2.24) is 14.6 Å². The van der Waals surface area contributed by atoms with Gasteiger partial charge in [0.1, 0.15) is 23.7 Å². The second-order valence-corrected chi connectivity index (χ2v) is 7.81. The third-order valence-electron chi connectivity index (χ3n) is 5.47. The van der Waals surface area contributed by atoms with E-state index >= 15 is 0 Å². The van der Waals surface area contributed by atoms with Gasteiger partial charge < -0.3 is 15.0 Å². The summed E-state index contributed by atoms with van der Waals surface area (Å²) in [6, 6.07) is 14.9. The van der Waals surface area contributed by atoms with E-state index in [1.54, 1.807) is 43.9 Å². The van der Waals surface area contributed by atoms with Crippen molar-refractivity contribution < 1.29 is 9.53 Å². The third-order valence-corrected chi connectivity index (χ3v) is 5.47. The number of hydrogen-bond acceptors (Lipinski definition) is 6. The number of rotatable bonds is 6. The summed E-state index contributed by atoms with van der Waals surface area (Å²) in [4.78, 5) is 26.4. The zero-order valence-electron chi connectivity index (χ0n) is 20.5. The quantitative estimate of drug-likeness (QED) is 0.247. The minimum Gasteiger partial charge on any atom is -0.455 e. The maximum Gasteiger partial charge on any atom is 0.302 e. The average molecular weight is 480 g/mol. The topological polar surface area (TPSA) is 96.5 Å². The summed E-state index contributed by atoms with van der Waals surface area (Å²) in [5.41, 5.74) is 4.48. The number of aliphatic imine (C=N–C) groups is 2. The Kier molecular flexibility index (Phi) is 7.07. The minimum absolute atomic E-state index is 0.306. The van der Waals surface area contributed by atoms with Gasteiger partial charge in [-0.2, -0.15) is 5.10 Å². The first-order valence-electron chi connectivity index (χ1n) is 11.1. The van der Waals surface area contributed by atoms with Gasteiger partial charge in [0.2, 0.25) is 0 Å². The summed E-state index contributed by atoms with van der Waals surface area (Å²) < 4.78 is 7.72. The van der Waals surface area contributed by atoms with Crippen molar-refractivity contribution in [3.05, 3.63) is 72.2 Å². The van der Waals surface area contributed by atoms with Gasteiger partial charge in [-0.3, -0.25) is 14.8 Å². The maximum absolute atomic E-state index is 12.2. The summed E-state index contributed by atoms with van der Waals surface area (Å²) in [6.07, 6.45) is 3.27. The van der Waals surface area contributed by atoms with Gasteiger partial charge in [0.15, 0.2) is 5.65 Å². The average Bonchev–Trinajstić information content (AvgIpc) is 3.36. The lowest BCUT2D eigenvalue weighted by atomic mass is 10.1. The molecule has 0 aliphatic carbocycles. The molecule has 0 spiro atoms. The number of benzene rings is 2. The molecule has 0 bridgehead atoms. The van der Waals surface area contributed by atoms with Gasteiger partial charge in [0.05, 0.1) is 11.9 Å². The van der Waals surface area contributed by atoms with Crippen LogP contribution in [0.15, 0.2) is 71.0 Å². The molecule has 0 aliphatic rings. The van der Waals surface area contributed by atoms with Crippen LogP contribution in [-0.2, 0) is 4.79 Å². The summed E-state index contributed by atoms with van der Waals surface area (Å²) in [7, 11) is 3.36. The molecule has 0 saturated carbocycles. The molecule has 0 unspecified atom stereocenters. The van der Waals surface area contributed by atoms with Crippen molar-refractivity contribution in [2.45, 2.75) is 13.8 Å².